The molecule has 6 nitrogen and oxygen atoms in total. The summed E-state index contributed by atoms with van der Waals surface area (Å²) in [6.45, 7) is 4.02. The quantitative estimate of drug-likeness (QED) is 0.861. The van der Waals surface area contributed by atoms with Crippen LogP contribution >= 0.6 is 11.3 Å². The lowest BCUT2D eigenvalue weighted by atomic mass is 10.3. The van der Waals surface area contributed by atoms with Crippen LogP contribution in [0.15, 0.2) is 23.7 Å². The first-order valence-corrected chi connectivity index (χ1v) is 7.38. The van der Waals surface area contributed by atoms with Gasteiger partial charge < -0.3 is 9.30 Å². The Morgan fingerprint density at radius 1 is 1.48 bits per heavy atom. The molecule has 2 aromatic heterocycles. The molecule has 21 heavy (non-hydrogen) atoms. The number of carbonyl (C=O) groups is 2. The van der Waals surface area contributed by atoms with E-state index >= 15 is 0 Å². The minimum atomic E-state index is -0.355. The molecule has 0 radical (unpaired) electrons. The molecule has 0 aliphatic rings. The first kappa shape index (κ1) is 15.2. The Morgan fingerprint density at radius 3 is 2.90 bits per heavy atom. The van der Waals surface area contributed by atoms with Crippen molar-refractivity contribution in [1.29, 1.82) is 0 Å². The van der Waals surface area contributed by atoms with Crippen molar-refractivity contribution in [2.75, 3.05) is 12.4 Å². The van der Waals surface area contributed by atoms with Gasteiger partial charge in [-0.3, -0.25) is 14.9 Å². The van der Waals surface area contributed by atoms with Gasteiger partial charge in [0.1, 0.15) is 5.69 Å². The van der Waals surface area contributed by atoms with Crippen LogP contribution in [0.5, 0.6) is 0 Å². The van der Waals surface area contributed by atoms with Crippen LogP contribution in [-0.2, 0) is 16.0 Å². The lowest BCUT2D eigenvalue weighted by Crippen LogP contribution is -2.17. The van der Waals surface area contributed by atoms with Gasteiger partial charge in [0.2, 0.25) is 0 Å². The van der Waals surface area contributed by atoms with E-state index in [0.29, 0.717) is 16.5 Å². The monoisotopic (exact) mass is 307 g/mol. The number of esters is 1. The van der Waals surface area contributed by atoms with Crippen molar-refractivity contribution in [2.45, 2.75) is 26.3 Å². The Morgan fingerprint density at radius 2 is 2.24 bits per heavy atom. The van der Waals surface area contributed by atoms with Crippen molar-refractivity contribution in [3.05, 3.63) is 35.1 Å². The van der Waals surface area contributed by atoms with E-state index < -0.39 is 0 Å². The van der Waals surface area contributed by atoms with Gasteiger partial charge >= 0.3 is 5.97 Å². The molecule has 2 rings (SSSR count). The predicted molar refractivity (Wildman–Crippen MR) is 80.6 cm³/mol. The number of aromatic nitrogens is 2. The molecule has 0 aliphatic carbocycles. The summed E-state index contributed by atoms with van der Waals surface area (Å²) in [6, 6.07) is 3.80. The lowest BCUT2D eigenvalue weighted by Gasteiger charge is -2.11. The summed E-state index contributed by atoms with van der Waals surface area (Å²) in [4.78, 5) is 27.6. The molecule has 0 spiro atoms. The second kappa shape index (κ2) is 6.53. The van der Waals surface area contributed by atoms with E-state index in [1.54, 1.807) is 11.4 Å². The van der Waals surface area contributed by atoms with E-state index in [2.05, 4.69) is 15.0 Å². The van der Waals surface area contributed by atoms with Crippen molar-refractivity contribution in [1.82, 2.24) is 9.55 Å². The highest BCUT2D eigenvalue weighted by Gasteiger charge is 2.15. The summed E-state index contributed by atoms with van der Waals surface area (Å²) < 4.78 is 6.47. The van der Waals surface area contributed by atoms with Crippen LogP contribution in [0.1, 0.15) is 36.1 Å². The van der Waals surface area contributed by atoms with Crippen LogP contribution in [0.4, 0.5) is 5.13 Å². The number of hydrogen-bond acceptors (Lipinski definition) is 5. The van der Waals surface area contributed by atoms with Gasteiger partial charge in [-0.2, -0.15) is 0 Å². The topological polar surface area (TPSA) is 73.2 Å². The zero-order valence-electron chi connectivity index (χ0n) is 12.1. The lowest BCUT2D eigenvalue weighted by molar-refractivity contribution is -0.139. The van der Waals surface area contributed by atoms with E-state index in [1.165, 1.54) is 18.4 Å². The Balaban J connectivity index is 2.06. The maximum atomic E-state index is 12.2. The van der Waals surface area contributed by atoms with Crippen molar-refractivity contribution >= 4 is 28.3 Å². The number of ether oxygens (including phenoxy) is 1. The van der Waals surface area contributed by atoms with Crippen LogP contribution in [0.3, 0.4) is 0 Å². The summed E-state index contributed by atoms with van der Waals surface area (Å²) in [6.07, 6.45) is 1.97. The fourth-order valence-corrected chi connectivity index (χ4v) is 2.57. The Bertz CT molecular complexity index is 645. The highest BCUT2D eigenvalue weighted by molar-refractivity contribution is 7.14. The van der Waals surface area contributed by atoms with Crippen molar-refractivity contribution in [3.8, 4) is 0 Å². The molecule has 2 aromatic rings. The van der Waals surface area contributed by atoms with Crippen molar-refractivity contribution in [2.24, 2.45) is 0 Å². The second-order valence-electron chi connectivity index (χ2n) is 4.75. The third-order valence-corrected chi connectivity index (χ3v) is 3.70. The van der Waals surface area contributed by atoms with E-state index in [0.717, 1.165) is 0 Å². The number of amides is 1. The average Bonchev–Trinajstić information content (AvgIpc) is 3.07. The zero-order chi connectivity index (χ0) is 15.4. The van der Waals surface area contributed by atoms with Gasteiger partial charge in [-0.05, 0) is 26.0 Å². The fraction of sp³-hybridized carbons (Fsp3) is 0.357. The highest BCUT2D eigenvalue weighted by Crippen LogP contribution is 2.18. The Hall–Kier alpha value is -2.15. The third kappa shape index (κ3) is 3.69. The molecular formula is C14H17N3O3S. The molecule has 0 atom stereocenters. The maximum absolute atomic E-state index is 12.2. The number of nitrogens with one attached hydrogen (secondary N) is 1. The first-order valence-electron chi connectivity index (χ1n) is 6.50. The van der Waals surface area contributed by atoms with Gasteiger partial charge in [-0.25, -0.2) is 4.98 Å². The number of nitrogens with zero attached hydrogens (tertiary/aromatic N) is 2. The van der Waals surface area contributed by atoms with Crippen LogP contribution in [-0.4, -0.2) is 28.5 Å². The molecule has 0 bridgehead atoms. The van der Waals surface area contributed by atoms with E-state index in [4.69, 9.17) is 0 Å². The molecule has 7 heteroatoms. The normalized spacial score (nSPS) is 10.7. The molecule has 0 saturated carbocycles. The average molecular weight is 307 g/mol. The minimum Gasteiger partial charge on any atom is -0.469 e. The number of hydrogen-bond donors (Lipinski definition) is 1. The second-order valence-corrected chi connectivity index (χ2v) is 5.60. The largest absolute Gasteiger partial charge is 0.469 e. The van der Waals surface area contributed by atoms with Gasteiger partial charge in [0.05, 0.1) is 19.2 Å². The number of methoxy groups -OCH3 is 1. The number of carbonyl (C=O) groups excluding carboxylic acids is 2. The molecule has 112 valence electrons. The molecule has 0 aromatic carbocycles. The van der Waals surface area contributed by atoms with Gasteiger partial charge in [0.15, 0.2) is 5.13 Å². The van der Waals surface area contributed by atoms with Gasteiger partial charge in [0.25, 0.3) is 5.91 Å². The van der Waals surface area contributed by atoms with Crippen LogP contribution in [0, 0.1) is 0 Å². The number of rotatable bonds is 5. The van der Waals surface area contributed by atoms with Crippen LogP contribution in [0.2, 0.25) is 0 Å². The molecular weight excluding hydrogens is 290 g/mol. The van der Waals surface area contributed by atoms with Crippen LogP contribution in [0.25, 0.3) is 0 Å². The number of anilines is 1. The van der Waals surface area contributed by atoms with Gasteiger partial charge in [-0.15, -0.1) is 11.3 Å². The summed E-state index contributed by atoms with van der Waals surface area (Å²) in [5.74, 6) is -0.570. The minimum absolute atomic E-state index is 0.102. The summed E-state index contributed by atoms with van der Waals surface area (Å²) in [7, 11) is 1.33. The number of thiazole rings is 1. The van der Waals surface area contributed by atoms with Crippen LogP contribution < -0.4 is 5.32 Å². The van der Waals surface area contributed by atoms with E-state index in [-0.39, 0.29) is 24.3 Å². The summed E-state index contributed by atoms with van der Waals surface area (Å²) in [5, 5.41) is 4.94. The molecule has 0 unspecified atom stereocenters. The molecule has 1 N–H and O–H groups in total. The van der Waals surface area contributed by atoms with E-state index in [1.807, 2.05) is 30.7 Å². The molecule has 0 fully saturated rings. The smallest absolute Gasteiger partial charge is 0.311 e. The fourth-order valence-electron chi connectivity index (χ4n) is 1.86. The predicted octanol–water partition coefficient (Wildman–Crippen LogP) is 2.49. The Kier molecular flexibility index (Phi) is 4.74. The molecule has 0 saturated heterocycles. The van der Waals surface area contributed by atoms with Gasteiger partial charge in [0, 0.05) is 17.6 Å². The zero-order valence-corrected chi connectivity index (χ0v) is 12.9. The standard InChI is InChI=1S/C14H17N3O3S/c1-9(2)17-6-4-5-11(17)13(19)16-14-15-10(8-21-14)7-12(18)20-3/h4-6,8-9H,7H2,1-3H3,(H,15,16,19). The maximum Gasteiger partial charge on any atom is 0.311 e. The summed E-state index contributed by atoms with van der Waals surface area (Å²) >= 11 is 1.28. The highest BCUT2D eigenvalue weighted by atomic mass is 32.1. The third-order valence-electron chi connectivity index (χ3n) is 2.89. The van der Waals surface area contributed by atoms with Crippen molar-refractivity contribution < 1.29 is 14.3 Å². The van der Waals surface area contributed by atoms with E-state index in [9.17, 15) is 9.59 Å². The molecule has 0 aliphatic heterocycles. The van der Waals surface area contributed by atoms with Crippen molar-refractivity contribution in [3.63, 3.8) is 0 Å². The summed E-state index contributed by atoms with van der Waals surface area (Å²) in [5.41, 5.74) is 1.16. The molecule has 2 heterocycles. The SMILES string of the molecule is COC(=O)Cc1csc(NC(=O)c2cccn2C(C)C)n1. The van der Waals surface area contributed by atoms with Gasteiger partial charge in [-0.1, -0.05) is 0 Å². The first-order chi connectivity index (χ1) is 10.0. The molecule has 1 amide bonds. The Labute approximate surface area is 126 Å².